The number of nitrogens with zero attached hydrogens (tertiary/aromatic N) is 1. The Morgan fingerprint density at radius 3 is 2.36 bits per heavy atom. The van der Waals surface area contributed by atoms with E-state index in [0.717, 1.165) is 19.2 Å². The first-order valence-electron chi connectivity index (χ1n) is 8.75. The van der Waals surface area contributed by atoms with Crippen molar-refractivity contribution in [1.82, 2.24) is 9.62 Å². The van der Waals surface area contributed by atoms with E-state index in [2.05, 4.69) is 9.62 Å². The minimum Gasteiger partial charge on any atom is -0.306 e. The van der Waals surface area contributed by atoms with Crippen LogP contribution in [0, 0.1) is 5.82 Å². The van der Waals surface area contributed by atoms with Crippen molar-refractivity contribution < 1.29 is 26.0 Å². The number of sulfonamides is 1. The van der Waals surface area contributed by atoms with Crippen LogP contribution < -0.4 is 4.72 Å². The van der Waals surface area contributed by atoms with Crippen LogP contribution >= 0.6 is 0 Å². The molecule has 0 amide bonds. The molecule has 152 valence electrons. The van der Waals surface area contributed by atoms with Crippen molar-refractivity contribution in [2.24, 2.45) is 0 Å². The second kappa shape index (κ2) is 7.81. The lowest BCUT2D eigenvalue weighted by Crippen LogP contribution is -2.43. The van der Waals surface area contributed by atoms with E-state index in [1.807, 2.05) is 7.05 Å². The van der Waals surface area contributed by atoms with Gasteiger partial charge in [-0.15, -0.1) is 0 Å². The van der Waals surface area contributed by atoms with E-state index in [1.165, 1.54) is 24.3 Å². The van der Waals surface area contributed by atoms with Gasteiger partial charge in [0.25, 0.3) is 0 Å². The molecule has 28 heavy (non-hydrogen) atoms. The largest absolute Gasteiger partial charge is 0.419 e. The van der Waals surface area contributed by atoms with Gasteiger partial charge in [-0.3, -0.25) is 0 Å². The lowest BCUT2D eigenvalue weighted by Gasteiger charge is -2.29. The maximum absolute atomic E-state index is 13.6. The summed E-state index contributed by atoms with van der Waals surface area (Å²) in [4.78, 5) is 1.96. The molecule has 4 nitrogen and oxygen atoms in total. The van der Waals surface area contributed by atoms with E-state index >= 15 is 0 Å². The zero-order valence-corrected chi connectivity index (χ0v) is 15.9. The zero-order chi connectivity index (χ0) is 20.5. The number of alkyl halides is 3. The SMILES string of the molecule is CN1CCC(NS(=O)(=O)c2ccccc2-c2ccc(F)c(C(F)(F)F)c2)CC1. The van der Waals surface area contributed by atoms with Crippen LogP contribution in [0.1, 0.15) is 18.4 Å². The van der Waals surface area contributed by atoms with E-state index in [9.17, 15) is 26.0 Å². The van der Waals surface area contributed by atoms with Crippen molar-refractivity contribution >= 4 is 10.0 Å². The molecule has 1 heterocycles. The number of benzene rings is 2. The number of hydrogen-bond donors (Lipinski definition) is 1. The van der Waals surface area contributed by atoms with Crippen LogP contribution in [0.3, 0.4) is 0 Å². The molecule has 0 aromatic heterocycles. The highest BCUT2D eigenvalue weighted by atomic mass is 32.2. The monoisotopic (exact) mass is 416 g/mol. The number of nitrogens with one attached hydrogen (secondary N) is 1. The number of likely N-dealkylation sites (tertiary alicyclic amines) is 1. The van der Waals surface area contributed by atoms with Gasteiger partial charge in [0.1, 0.15) is 5.82 Å². The Labute approximate surface area is 161 Å². The minimum atomic E-state index is -4.87. The second-order valence-electron chi connectivity index (χ2n) is 6.89. The smallest absolute Gasteiger partial charge is 0.306 e. The fraction of sp³-hybridized carbons (Fsp3) is 0.368. The molecule has 1 fully saturated rings. The van der Waals surface area contributed by atoms with Crippen molar-refractivity contribution in [3.63, 3.8) is 0 Å². The van der Waals surface area contributed by atoms with Gasteiger partial charge in [0.2, 0.25) is 10.0 Å². The number of piperidine rings is 1. The molecular weight excluding hydrogens is 396 g/mol. The Morgan fingerprint density at radius 2 is 1.71 bits per heavy atom. The Bertz CT molecular complexity index is 953. The first-order valence-corrected chi connectivity index (χ1v) is 10.2. The fourth-order valence-electron chi connectivity index (χ4n) is 3.26. The summed E-state index contributed by atoms with van der Waals surface area (Å²) in [6.07, 6.45) is -3.58. The van der Waals surface area contributed by atoms with Crippen molar-refractivity contribution in [3.8, 4) is 11.1 Å². The molecule has 2 aromatic carbocycles. The predicted molar refractivity (Wildman–Crippen MR) is 97.7 cm³/mol. The predicted octanol–water partition coefficient (Wildman–Crippen LogP) is 3.88. The van der Waals surface area contributed by atoms with Crippen LogP contribution in [0.15, 0.2) is 47.4 Å². The topological polar surface area (TPSA) is 49.4 Å². The highest BCUT2D eigenvalue weighted by Crippen LogP contribution is 2.36. The molecule has 0 unspecified atom stereocenters. The normalized spacial score (nSPS) is 17.0. The van der Waals surface area contributed by atoms with Crippen molar-refractivity contribution in [2.45, 2.75) is 30.0 Å². The van der Waals surface area contributed by atoms with Gasteiger partial charge in [-0.2, -0.15) is 13.2 Å². The van der Waals surface area contributed by atoms with E-state index in [0.29, 0.717) is 25.0 Å². The molecule has 0 spiro atoms. The van der Waals surface area contributed by atoms with Crippen molar-refractivity contribution in [3.05, 3.63) is 53.8 Å². The molecule has 2 aromatic rings. The van der Waals surface area contributed by atoms with Crippen LogP contribution in [0.4, 0.5) is 17.6 Å². The summed E-state index contributed by atoms with van der Waals surface area (Å²) in [5, 5.41) is 0. The summed E-state index contributed by atoms with van der Waals surface area (Å²) in [6.45, 7) is 1.50. The molecule has 1 aliphatic heterocycles. The molecule has 0 atom stereocenters. The van der Waals surface area contributed by atoms with E-state index in [4.69, 9.17) is 0 Å². The van der Waals surface area contributed by atoms with Crippen molar-refractivity contribution in [2.75, 3.05) is 20.1 Å². The first-order chi connectivity index (χ1) is 13.1. The molecule has 0 aliphatic carbocycles. The molecule has 1 saturated heterocycles. The van der Waals surface area contributed by atoms with Crippen LogP contribution in [0.5, 0.6) is 0 Å². The lowest BCUT2D eigenvalue weighted by atomic mass is 10.0. The third-order valence-electron chi connectivity index (χ3n) is 4.80. The highest BCUT2D eigenvalue weighted by Gasteiger charge is 2.34. The lowest BCUT2D eigenvalue weighted by molar-refractivity contribution is -0.139. The third-order valence-corrected chi connectivity index (χ3v) is 6.38. The average molecular weight is 416 g/mol. The molecule has 9 heteroatoms. The average Bonchev–Trinajstić information content (AvgIpc) is 2.63. The molecule has 1 aliphatic rings. The summed E-state index contributed by atoms with van der Waals surface area (Å²) in [5.41, 5.74) is -1.35. The van der Waals surface area contributed by atoms with Gasteiger partial charge in [0.05, 0.1) is 10.5 Å². The Morgan fingerprint density at radius 1 is 1.07 bits per heavy atom. The molecule has 3 rings (SSSR count). The fourth-order valence-corrected chi connectivity index (χ4v) is 4.79. The van der Waals surface area contributed by atoms with Gasteiger partial charge in [0, 0.05) is 11.6 Å². The van der Waals surface area contributed by atoms with Crippen LogP contribution in [-0.4, -0.2) is 39.5 Å². The van der Waals surface area contributed by atoms with E-state index in [-0.39, 0.29) is 22.1 Å². The van der Waals surface area contributed by atoms with Crippen molar-refractivity contribution in [1.29, 1.82) is 0 Å². The van der Waals surface area contributed by atoms with Crippen LogP contribution in [0.25, 0.3) is 11.1 Å². The summed E-state index contributed by atoms with van der Waals surface area (Å²) in [7, 11) is -2.01. The molecular formula is C19H20F4N2O2S. The summed E-state index contributed by atoms with van der Waals surface area (Å²) < 4.78 is 81.2. The maximum Gasteiger partial charge on any atom is 0.419 e. The van der Waals surface area contributed by atoms with Gasteiger partial charge in [-0.25, -0.2) is 17.5 Å². The Balaban J connectivity index is 1.98. The minimum absolute atomic E-state index is 0.0157. The number of halogens is 4. The second-order valence-corrected chi connectivity index (χ2v) is 8.57. The number of rotatable bonds is 4. The van der Waals surface area contributed by atoms with Gasteiger partial charge >= 0.3 is 6.18 Å². The quantitative estimate of drug-likeness (QED) is 0.770. The first kappa shape index (κ1) is 20.8. The zero-order valence-electron chi connectivity index (χ0n) is 15.1. The molecule has 0 radical (unpaired) electrons. The number of hydrogen-bond acceptors (Lipinski definition) is 3. The van der Waals surface area contributed by atoms with Gasteiger partial charge < -0.3 is 4.90 Å². The van der Waals surface area contributed by atoms with E-state index in [1.54, 1.807) is 0 Å². The van der Waals surface area contributed by atoms with Crippen LogP contribution in [0.2, 0.25) is 0 Å². The van der Waals surface area contributed by atoms with Gasteiger partial charge in [-0.1, -0.05) is 24.3 Å². The van der Waals surface area contributed by atoms with E-state index < -0.39 is 27.6 Å². The Kier molecular flexibility index (Phi) is 5.79. The van der Waals surface area contributed by atoms with Crippen LogP contribution in [-0.2, 0) is 16.2 Å². The van der Waals surface area contributed by atoms with Gasteiger partial charge in [-0.05, 0) is 56.7 Å². The molecule has 0 saturated carbocycles. The Hall–Kier alpha value is -1.97. The molecule has 1 N–H and O–H groups in total. The molecule has 0 bridgehead atoms. The summed E-state index contributed by atoms with van der Waals surface area (Å²) >= 11 is 0. The van der Waals surface area contributed by atoms with Gasteiger partial charge in [0.15, 0.2) is 0 Å². The maximum atomic E-state index is 13.6. The summed E-state index contributed by atoms with van der Waals surface area (Å²) in [6, 6.07) is 8.02. The highest BCUT2D eigenvalue weighted by molar-refractivity contribution is 7.89. The third kappa shape index (κ3) is 4.53. The standard InChI is InChI=1S/C19H20F4N2O2S/c1-25-10-8-14(9-11-25)24-28(26,27)18-5-3-2-4-15(18)13-6-7-17(20)16(12-13)19(21,22)23/h2-7,12,14,24H,8-11H2,1H3. The summed E-state index contributed by atoms with van der Waals surface area (Å²) in [5.74, 6) is -1.40.